The van der Waals surface area contributed by atoms with Crippen molar-refractivity contribution in [3.8, 4) is 11.6 Å². The van der Waals surface area contributed by atoms with Crippen molar-refractivity contribution >= 4 is 16.8 Å². The summed E-state index contributed by atoms with van der Waals surface area (Å²) in [5.74, 6) is -1.14. The van der Waals surface area contributed by atoms with Crippen LogP contribution in [0.25, 0.3) is 0 Å². The number of alkyl halides is 2. The summed E-state index contributed by atoms with van der Waals surface area (Å²) < 4.78 is 29.6. The molecular formula is C8H6ClF2NO3. The van der Waals surface area contributed by atoms with Crippen molar-refractivity contribution in [2.45, 2.75) is 6.43 Å². The van der Waals surface area contributed by atoms with E-state index in [9.17, 15) is 13.6 Å². The summed E-state index contributed by atoms with van der Waals surface area (Å²) >= 11 is 5.10. The van der Waals surface area contributed by atoms with Crippen molar-refractivity contribution in [2.75, 3.05) is 7.11 Å². The molecule has 0 radical (unpaired) electrons. The second-order valence-electron chi connectivity index (χ2n) is 2.52. The fraction of sp³-hybridized carbons (Fsp3) is 0.250. The summed E-state index contributed by atoms with van der Waals surface area (Å²) in [4.78, 5) is 14.4. The quantitative estimate of drug-likeness (QED) is 0.818. The highest BCUT2D eigenvalue weighted by Gasteiger charge is 2.26. The second kappa shape index (κ2) is 4.39. The van der Waals surface area contributed by atoms with E-state index in [4.69, 9.17) is 16.7 Å². The molecule has 0 amide bonds. The third-order valence-corrected chi connectivity index (χ3v) is 1.86. The Kier molecular flexibility index (Phi) is 3.41. The van der Waals surface area contributed by atoms with Crippen LogP contribution in [0, 0.1) is 0 Å². The Labute approximate surface area is 88.4 Å². The van der Waals surface area contributed by atoms with Crippen LogP contribution in [0.3, 0.4) is 0 Å². The summed E-state index contributed by atoms with van der Waals surface area (Å²) in [5.41, 5.74) is -1.49. The third-order valence-electron chi connectivity index (χ3n) is 1.67. The molecule has 0 atom stereocenters. The van der Waals surface area contributed by atoms with Gasteiger partial charge in [-0.05, 0) is 11.6 Å². The number of carbonyl (C=O) groups excluding carboxylic acids is 1. The average Bonchev–Trinajstić information content (AvgIpc) is 2.16. The van der Waals surface area contributed by atoms with E-state index in [1.54, 1.807) is 0 Å². The highest BCUT2D eigenvalue weighted by Crippen LogP contribution is 2.35. The van der Waals surface area contributed by atoms with Gasteiger partial charge in [-0.1, -0.05) is 0 Å². The summed E-state index contributed by atoms with van der Waals surface area (Å²) in [6, 6.07) is 0. The number of methoxy groups -OCH3 is 1. The lowest BCUT2D eigenvalue weighted by Crippen LogP contribution is -2.04. The second-order valence-corrected chi connectivity index (χ2v) is 2.86. The maximum Gasteiger partial charge on any atom is 0.268 e. The number of aromatic nitrogens is 1. The molecule has 4 nitrogen and oxygen atoms in total. The Balaban J connectivity index is 3.51. The van der Waals surface area contributed by atoms with Crippen molar-refractivity contribution in [2.24, 2.45) is 0 Å². The van der Waals surface area contributed by atoms with Crippen LogP contribution in [0.2, 0.25) is 0 Å². The van der Waals surface area contributed by atoms with E-state index in [1.165, 1.54) is 0 Å². The minimum atomic E-state index is -3.04. The number of ether oxygens (including phenoxy) is 1. The lowest BCUT2D eigenvalue weighted by molar-refractivity contribution is 0.105. The predicted molar refractivity (Wildman–Crippen MR) is 47.6 cm³/mol. The predicted octanol–water partition coefficient (Wildman–Crippen LogP) is 2.11. The molecule has 1 aromatic rings. The van der Waals surface area contributed by atoms with Gasteiger partial charge in [0.05, 0.1) is 18.9 Å². The van der Waals surface area contributed by atoms with Crippen LogP contribution in [0.1, 0.15) is 22.3 Å². The molecule has 1 N–H and O–H groups in total. The van der Waals surface area contributed by atoms with Gasteiger partial charge in [0.15, 0.2) is 0 Å². The zero-order chi connectivity index (χ0) is 11.6. The van der Waals surface area contributed by atoms with E-state index < -0.39 is 28.5 Å². The van der Waals surface area contributed by atoms with Crippen molar-refractivity contribution < 1.29 is 23.4 Å². The fourth-order valence-corrected chi connectivity index (χ4v) is 1.25. The van der Waals surface area contributed by atoms with Crippen LogP contribution in [0.5, 0.6) is 11.6 Å². The van der Waals surface area contributed by atoms with Crippen molar-refractivity contribution in [3.63, 3.8) is 0 Å². The molecule has 0 unspecified atom stereocenters. The summed E-state index contributed by atoms with van der Waals surface area (Å²) in [5, 5.41) is 7.96. The minimum absolute atomic E-state index is 0.344. The first-order valence-electron chi connectivity index (χ1n) is 3.72. The molecule has 1 rings (SSSR count). The molecule has 1 aromatic heterocycles. The molecule has 7 heteroatoms. The number of halogens is 3. The van der Waals surface area contributed by atoms with Crippen LogP contribution >= 0.6 is 11.6 Å². The van der Waals surface area contributed by atoms with Gasteiger partial charge in [-0.25, -0.2) is 13.8 Å². The number of aromatic hydroxyl groups is 1. The standard InChI is InChI=1S/C8H6ClF2NO3/c1-15-8-5(6(9)14)4(7(10)11)3(13)2-12-8/h2,7,13H,1H3. The van der Waals surface area contributed by atoms with Crippen molar-refractivity contribution in [1.82, 2.24) is 4.98 Å². The van der Waals surface area contributed by atoms with E-state index in [-0.39, 0.29) is 5.88 Å². The van der Waals surface area contributed by atoms with E-state index in [0.29, 0.717) is 0 Å². The largest absolute Gasteiger partial charge is 0.506 e. The first-order valence-corrected chi connectivity index (χ1v) is 4.10. The summed E-state index contributed by atoms with van der Waals surface area (Å²) in [6.45, 7) is 0. The zero-order valence-electron chi connectivity index (χ0n) is 7.50. The highest BCUT2D eigenvalue weighted by atomic mass is 35.5. The van der Waals surface area contributed by atoms with Gasteiger partial charge >= 0.3 is 0 Å². The molecule has 15 heavy (non-hydrogen) atoms. The van der Waals surface area contributed by atoms with E-state index >= 15 is 0 Å². The lowest BCUT2D eigenvalue weighted by atomic mass is 10.1. The monoisotopic (exact) mass is 237 g/mol. The van der Waals surface area contributed by atoms with Gasteiger partial charge in [0.2, 0.25) is 5.88 Å². The minimum Gasteiger partial charge on any atom is -0.506 e. The fourth-order valence-electron chi connectivity index (χ4n) is 1.06. The first kappa shape index (κ1) is 11.6. The Hall–Kier alpha value is -1.43. The van der Waals surface area contributed by atoms with Crippen molar-refractivity contribution in [3.05, 3.63) is 17.3 Å². The van der Waals surface area contributed by atoms with Crippen molar-refractivity contribution in [1.29, 1.82) is 0 Å². The lowest BCUT2D eigenvalue weighted by Gasteiger charge is -2.10. The van der Waals surface area contributed by atoms with E-state index in [1.807, 2.05) is 0 Å². The number of nitrogens with zero attached hydrogens (tertiary/aromatic N) is 1. The molecule has 1 heterocycles. The van der Waals surface area contributed by atoms with Crippen LogP contribution in [0.15, 0.2) is 6.20 Å². The number of carbonyl (C=O) groups is 1. The molecule has 0 bridgehead atoms. The number of rotatable bonds is 3. The van der Waals surface area contributed by atoms with E-state index in [0.717, 1.165) is 13.3 Å². The number of hydrogen-bond acceptors (Lipinski definition) is 4. The van der Waals surface area contributed by atoms with Gasteiger partial charge in [0.1, 0.15) is 11.3 Å². The Bertz CT molecular complexity index is 398. The maximum absolute atomic E-state index is 12.5. The van der Waals surface area contributed by atoms with Gasteiger partial charge in [-0.3, -0.25) is 4.79 Å². The Morgan fingerprint density at radius 3 is 2.67 bits per heavy atom. The molecule has 0 spiro atoms. The van der Waals surface area contributed by atoms with Gasteiger partial charge in [0.25, 0.3) is 11.7 Å². The SMILES string of the molecule is COc1ncc(O)c(C(F)F)c1C(=O)Cl. The average molecular weight is 238 g/mol. The Morgan fingerprint density at radius 1 is 1.67 bits per heavy atom. The van der Waals surface area contributed by atoms with Crippen LogP contribution in [-0.2, 0) is 0 Å². The highest BCUT2D eigenvalue weighted by molar-refractivity contribution is 6.68. The van der Waals surface area contributed by atoms with Gasteiger partial charge in [-0.2, -0.15) is 0 Å². The summed E-state index contributed by atoms with van der Waals surface area (Å²) in [7, 11) is 1.15. The molecule has 0 aliphatic heterocycles. The Morgan fingerprint density at radius 2 is 2.27 bits per heavy atom. The molecule has 0 aliphatic carbocycles. The smallest absolute Gasteiger partial charge is 0.268 e. The maximum atomic E-state index is 12.5. The van der Waals surface area contributed by atoms with Crippen LogP contribution < -0.4 is 4.74 Å². The molecule has 0 aliphatic rings. The normalized spacial score (nSPS) is 10.5. The van der Waals surface area contributed by atoms with Gasteiger partial charge in [0, 0.05) is 0 Å². The molecule has 0 saturated carbocycles. The topological polar surface area (TPSA) is 59.4 Å². The number of pyridine rings is 1. The third kappa shape index (κ3) is 2.15. The van der Waals surface area contributed by atoms with E-state index in [2.05, 4.69) is 9.72 Å². The van der Waals surface area contributed by atoms with Crippen LogP contribution in [0.4, 0.5) is 8.78 Å². The molecular weight excluding hydrogens is 232 g/mol. The molecule has 0 saturated heterocycles. The summed E-state index contributed by atoms with van der Waals surface area (Å²) in [6.07, 6.45) is -2.27. The molecule has 0 aromatic carbocycles. The number of hydrogen-bond donors (Lipinski definition) is 1. The first-order chi connectivity index (χ1) is 6.99. The van der Waals surface area contributed by atoms with Crippen LogP contribution in [-0.4, -0.2) is 22.4 Å². The zero-order valence-corrected chi connectivity index (χ0v) is 8.26. The van der Waals surface area contributed by atoms with Gasteiger partial charge < -0.3 is 9.84 Å². The van der Waals surface area contributed by atoms with Gasteiger partial charge in [-0.15, -0.1) is 0 Å². The molecule has 82 valence electrons. The molecule has 0 fully saturated rings.